The molecule has 3 saturated carbocycles. The Morgan fingerprint density at radius 1 is 1.19 bits per heavy atom. The molecule has 8 heteroatoms. The Morgan fingerprint density at radius 3 is 2.43 bits per heavy atom. The number of aliphatic hydroxyl groups is 1. The average molecular weight is 542 g/mol. The summed E-state index contributed by atoms with van der Waals surface area (Å²) in [4.78, 5) is 40.5. The van der Waals surface area contributed by atoms with E-state index in [1.54, 1.807) is 19.9 Å². The van der Waals surface area contributed by atoms with Crippen molar-refractivity contribution < 1.29 is 29.0 Å². The summed E-state index contributed by atoms with van der Waals surface area (Å²) in [6.07, 6.45) is 5.10. The van der Waals surface area contributed by atoms with Crippen molar-refractivity contribution in [3.8, 4) is 0 Å². The van der Waals surface area contributed by atoms with Crippen LogP contribution in [0.25, 0.3) is 0 Å². The number of hydrogen-bond acceptors (Lipinski definition) is 7. The molecule has 3 aliphatic carbocycles. The van der Waals surface area contributed by atoms with Gasteiger partial charge in [-0.05, 0) is 76.8 Å². The van der Waals surface area contributed by atoms with E-state index in [4.69, 9.17) is 9.47 Å². The van der Waals surface area contributed by atoms with Gasteiger partial charge in [-0.1, -0.05) is 33.3 Å². The fourth-order valence-electron chi connectivity index (χ4n) is 7.38. The number of halogens is 1. The number of likely N-dealkylation sites (N-methyl/N-ethyl adjacent to an activating group) is 1. The number of rotatable bonds is 7. The molecular weight excluding hydrogens is 494 g/mol. The van der Waals surface area contributed by atoms with Gasteiger partial charge < -0.3 is 19.5 Å². The molecule has 0 bridgehead atoms. The molecule has 0 heterocycles. The molecule has 0 aliphatic heterocycles. The second-order valence-corrected chi connectivity index (χ2v) is 13.2. The van der Waals surface area contributed by atoms with E-state index in [0.717, 1.165) is 31.3 Å². The highest BCUT2D eigenvalue weighted by molar-refractivity contribution is 5.86. The summed E-state index contributed by atoms with van der Waals surface area (Å²) in [5, 5.41) is 10.0. The van der Waals surface area contributed by atoms with E-state index in [1.165, 1.54) is 0 Å². The third kappa shape index (κ3) is 6.96. The van der Waals surface area contributed by atoms with Crippen molar-refractivity contribution in [2.75, 3.05) is 27.2 Å². The van der Waals surface area contributed by atoms with Crippen LogP contribution in [-0.2, 0) is 23.9 Å². The minimum atomic E-state index is -1.11. The van der Waals surface area contributed by atoms with E-state index in [2.05, 4.69) is 27.7 Å². The molecule has 212 valence electrons. The summed E-state index contributed by atoms with van der Waals surface area (Å²) < 4.78 is 11.3. The van der Waals surface area contributed by atoms with Gasteiger partial charge in [0.1, 0.15) is 18.5 Å². The second kappa shape index (κ2) is 11.7. The zero-order chi connectivity index (χ0) is 27.1. The highest BCUT2D eigenvalue weighted by Gasteiger charge is 2.62. The number of hydrogen-bond donors (Lipinski definition) is 1. The Balaban J connectivity index is 0.00000481. The summed E-state index contributed by atoms with van der Waals surface area (Å²) in [6.45, 7) is 12.9. The molecule has 37 heavy (non-hydrogen) atoms. The minimum absolute atomic E-state index is 0. The van der Waals surface area contributed by atoms with Crippen molar-refractivity contribution in [2.24, 2.45) is 34.5 Å². The maximum atomic E-state index is 13.6. The molecule has 1 N–H and O–H groups in total. The number of carbonyl (C=O) groups excluding carboxylic acids is 3. The van der Waals surface area contributed by atoms with Crippen LogP contribution in [0.4, 0.5) is 0 Å². The number of ketones is 1. The van der Waals surface area contributed by atoms with Crippen LogP contribution in [0.2, 0.25) is 0 Å². The Hall–Kier alpha value is -1.44. The minimum Gasteiger partial charge on any atom is -0.462 e. The van der Waals surface area contributed by atoms with Crippen LogP contribution in [-0.4, -0.2) is 66.7 Å². The molecule has 7 nitrogen and oxygen atoms in total. The summed E-state index contributed by atoms with van der Waals surface area (Å²) >= 11 is 0. The van der Waals surface area contributed by atoms with Crippen LogP contribution < -0.4 is 0 Å². The molecule has 6 unspecified atom stereocenters. The zero-order valence-corrected chi connectivity index (χ0v) is 24.8. The van der Waals surface area contributed by atoms with Gasteiger partial charge in [0, 0.05) is 30.4 Å². The number of fused-ring (bicyclic) bond motifs is 3. The highest BCUT2D eigenvalue weighted by Crippen LogP contribution is 2.64. The van der Waals surface area contributed by atoms with E-state index >= 15 is 0 Å². The van der Waals surface area contributed by atoms with Crippen molar-refractivity contribution in [1.82, 2.24) is 4.90 Å². The lowest BCUT2D eigenvalue weighted by Gasteiger charge is -2.62. The third-order valence-corrected chi connectivity index (χ3v) is 9.33. The smallest absolute Gasteiger partial charge is 0.330 e. The van der Waals surface area contributed by atoms with Crippen LogP contribution >= 0.6 is 12.4 Å². The van der Waals surface area contributed by atoms with Gasteiger partial charge in [-0.25, -0.2) is 4.79 Å². The first-order chi connectivity index (χ1) is 16.6. The molecule has 0 aromatic heterocycles. The van der Waals surface area contributed by atoms with E-state index in [-0.39, 0.29) is 77.2 Å². The lowest BCUT2D eigenvalue weighted by Crippen LogP contribution is -2.60. The van der Waals surface area contributed by atoms with Gasteiger partial charge in [0.25, 0.3) is 0 Å². The molecule has 0 radical (unpaired) electrons. The average Bonchev–Trinajstić information content (AvgIpc) is 2.72. The molecule has 0 aromatic rings. The maximum absolute atomic E-state index is 13.6. The SMILES string of the molecule is CC1/C(=C/C(=O)OCCN(C)C)CCC2C1C(=O)CC1C(C)(C)C(OC(=O)CC(C)(C)O)CCC21C.Cl. The van der Waals surface area contributed by atoms with Crippen LogP contribution in [0.15, 0.2) is 11.6 Å². The quantitative estimate of drug-likeness (QED) is 0.372. The molecular formula is C29H48ClNO6. The predicted octanol–water partition coefficient (Wildman–Crippen LogP) is 4.59. The number of esters is 2. The molecule has 3 rings (SSSR count). The Kier molecular flexibility index (Phi) is 10.1. The maximum Gasteiger partial charge on any atom is 0.330 e. The van der Waals surface area contributed by atoms with E-state index in [1.807, 2.05) is 19.0 Å². The Labute approximate surface area is 229 Å². The first-order valence-electron chi connectivity index (χ1n) is 13.5. The van der Waals surface area contributed by atoms with Crippen LogP contribution in [0, 0.1) is 34.5 Å². The van der Waals surface area contributed by atoms with Crippen LogP contribution in [0.1, 0.15) is 80.1 Å². The van der Waals surface area contributed by atoms with Crippen molar-refractivity contribution in [1.29, 1.82) is 0 Å². The first-order valence-corrected chi connectivity index (χ1v) is 13.5. The van der Waals surface area contributed by atoms with E-state index in [0.29, 0.717) is 19.6 Å². The molecule has 6 atom stereocenters. The van der Waals surface area contributed by atoms with E-state index < -0.39 is 5.60 Å². The zero-order valence-electron chi connectivity index (χ0n) is 24.0. The van der Waals surface area contributed by atoms with Crippen LogP contribution in [0.3, 0.4) is 0 Å². The summed E-state index contributed by atoms with van der Waals surface area (Å²) in [7, 11) is 3.87. The Morgan fingerprint density at radius 2 is 1.84 bits per heavy atom. The monoisotopic (exact) mass is 541 g/mol. The fraction of sp³-hybridized carbons (Fsp3) is 0.828. The molecule has 0 amide bonds. The standard InChI is InChI=1S/C29H47NO6.ClH/c1-18-19(15-24(32)35-14-13-30(7)8)9-10-20-26(18)21(31)16-22-28(4,5)23(11-12-29(20,22)6)36-25(33)17-27(2,3)34;/h15,18,20,22-23,26,34H,9-14,16-17H2,1-8H3;1H/b19-15+;. The number of ether oxygens (including phenoxy) is 2. The van der Waals surface area contributed by atoms with Crippen molar-refractivity contribution in [3.63, 3.8) is 0 Å². The normalized spacial score (nSPS) is 34.3. The Bertz CT molecular complexity index is 891. The lowest BCUT2D eigenvalue weighted by molar-refractivity contribution is -0.191. The lowest BCUT2D eigenvalue weighted by atomic mass is 9.42. The van der Waals surface area contributed by atoms with Crippen molar-refractivity contribution in [3.05, 3.63) is 11.6 Å². The molecule has 0 spiro atoms. The van der Waals surface area contributed by atoms with E-state index in [9.17, 15) is 19.5 Å². The number of Topliss-reactive ketones (excluding diaryl/α,β-unsaturated/α-hetero) is 1. The molecule has 3 aliphatic rings. The number of nitrogens with zero attached hydrogens (tertiary/aromatic N) is 1. The third-order valence-electron chi connectivity index (χ3n) is 9.33. The van der Waals surface area contributed by atoms with Gasteiger partial charge in [0.05, 0.1) is 12.0 Å². The highest BCUT2D eigenvalue weighted by atomic mass is 35.5. The van der Waals surface area contributed by atoms with Gasteiger partial charge in [-0.2, -0.15) is 0 Å². The second-order valence-electron chi connectivity index (χ2n) is 13.2. The molecule has 0 aromatic carbocycles. The summed E-state index contributed by atoms with van der Waals surface area (Å²) in [6, 6.07) is 0. The van der Waals surface area contributed by atoms with Gasteiger partial charge in [-0.3, -0.25) is 9.59 Å². The van der Waals surface area contributed by atoms with Gasteiger partial charge in [-0.15, -0.1) is 12.4 Å². The topological polar surface area (TPSA) is 93.1 Å². The summed E-state index contributed by atoms with van der Waals surface area (Å²) in [5.74, 6) is -0.166. The van der Waals surface area contributed by atoms with Gasteiger partial charge in [0.15, 0.2) is 0 Å². The van der Waals surface area contributed by atoms with Crippen molar-refractivity contribution >= 4 is 30.1 Å². The largest absolute Gasteiger partial charge is 0.462 e. The van der Waals surface area contributed by atoms with Gasteiger partial charge >= 0.3 is 11.9 Å². The molecule has 3 fully saturated rings. The number of allylic oxidation sites excluding steroid dienone is 1. The molecule has 0 saturated heterocycles. The first kappa shape index (κ1) is 31.8. The predicted molar refractivity (Wildman–Crippen MR) is 145 cm³/mol. The van der Waals surface area contributed by atoms with Crippen molar-refractivity contribution in [2.45, 2.75) is 91.8 Å². The summed E-state index contributed by atoms with van der Waals surface area (Å²) in [5.41, 5.74) is -0.471. The van der Waals surface area contributed by atoms with Gasteiger partial charge in [0.2, 0.25) is 0 Å². The fourth-order valence-corrected chi connectivity index (χ4v) is 7.38. The van der Waals surface area contributed by atoms with Crippen LogP contribution in [0.5, 0.6) is 0 Å². The number of carbonyl (C=O) groups is 3.